The summed E-state index contributed by atoms with van der Waals surface area (Å²) in [5.41, 5.74) is -0.421. The van der Waals surface area contributed by atoms with Crippen LogP contribution in [0.5, 0.6) is 0 Å². The fourth-order valence-electron chi connectivity index (χ4n) is 3.41. The lowest BCUT2D eigenvalue weighted by atomic mass is 9.70. The summed E-state index contributed by atoms with van der Waals surface area (Å²) >= 11 is 0. The van der Waals surface area contributed by atoms with Crippen LogP contribution < -0.4 is 5.32 Å². The van der Waals surface area contributed by atoms with E-state index in [0.717, 1.165) is 37.8 Å². The van der Waals surface area contributed by atoms with Gasteiger partial charge in [0.25, 0.3) is 0 Å². The van der Waals surface area contributed by atoms with E-state index in [4.69, 9.17) is 4.74 Å². The van der Waals surface area contributed by atoms with Crippen LogP contribution in [0.4, 0.5) is 14.5 Å². The molecule has 1 saturated carbocycles. The minimum Gasteiger partial charge on any atom is -0.385 e. The Labute approximate surface area is 116 Å². The van der Waals surface area contributed by atoms with Gasteiger partial charge >= 0.3 is 0 Å². The maximum Gasteiger partial charge on any atom is 0.160 e. The third-order valence-electron chi connectivity index (χ3n) is 4.56. The van der Waals surface area contributed by atoms with Crippen molar-refractivity contribution in [3.8, 4) is 0 Å². The van der Waals surface area contributed by atoms with Crippen molar-refractivity contribution < 1.29 is 18.6 Å². The van der Waals surface area contributed by atoms with Crippen LogP contribution in [0.15, 0.2) is 18.2 Å². The molecule has 0 spiro atoms. The Bertz CT molecular complexity index is 495. The Morgan fingerprint density at radius 2 is 2.05 bits per heavy atom. The molecule has 1 aliphatic heterocycles. The van der Waals surface area contributed by atoms with E-state index in [1.807, 2.05) is 0 Å². The molecular weight excluding hydrogens is 264 g/mol. The van der Waals surface area contributed by atoms with Gasteiger partial charge in [-0.05, 0) is 37.3 Å². The molecule has 5 heteroatoms. The van der Waals surface area contributed by atoms with Gasteiger partial charge in [0.15, 0.2) is 11.6 Å². The second-order valence-electron chi connectivity index (χ2n) is 5.79. The number of fused-ring (bicyclic) bond motifs is 1. The average Bonchev–Trinajstić information content (AvgIpc) is 2.43. The quantitative estimate of drug-likeness (QED) is 0.877. The highest BCUT2D eigenvalue weighted by Gasteiger charge is 2.48. The number of hydrogen-bond donors (Lipinski definition) is 2. The zero-order valence-corrected chi connectivity index (χ0v) is 11.2. The number of nitrogens with one attached hydrogen (secondary N) is 1. The average molecular weight is 283 g/mol. The number of aliphatic hydroxyl groups is 1. The van der Waals surface area contributed by atoms with Crippen LogP contribution in [0.3, 0.4) is 0 Å². The molecule has 2 N–H and O–H groups in total. The first-order chi connectivity index (χ1) is 9.59. The fourth-order valence-corrected chi connectivity index (χ4v) is 3.41. The largest absolute Gasteiger partial charge is 0.385 e. The van der Waals surface area contributed by atoms with Crippen LogP contribution in [0.1, 0.15) is 25.7 Å². The van der Waals surface area contributed by atoms with Crippen molar-refractivity contribution in [1.82, 2.24) is 0 Å². The summed E-state index contributed by atoms with van der Waals surface area (Å²) in [5, 5.41) is 14.0. The Kier molecular flexibility index (Phi) is 3.65. The van der Waals surface area contributed by atoms with Gasteiger partial charge in [0.2, 0.25) is 0 Å². The number of benzene rings is 1. The molecule has 1 aliphatic carbocycles. The predicted molar refractivity (Wildman–Crippen MR) is 71.5 cm³/mol. The van der Waals surface area contributed by atoms with Gasteiger partial charge in [0, 0.05) is 18.4 Å². The summed E-state index contributed by atoms with van der Waals surface area (Å²) < 4.78 is 31.6. The summed E-state index contributed by atoms with van der Waals surface area (Å²) in [5.74, 6) is -1.53. The van der Waals surface area contributed by atoms with Crippen molar-refractivity contribution in [2.24, 2.45) is 5.92 Å². The van der Waals surface area contributed by atoms with E-state index in [1.165, 1.54) is 6.07 Å². The summed E-state index contributed by atoms with van der Waals surface area (Å²) in [6.07, 6.45) is 3.67. The molecule has 20 heavy (non-hydrogen) atoms. The third-order valence-corrected chi connectivity index (χ3v) is 4.56. The molecule has 0 radical (unpaired) electrons. The Morgan fingerprint density at radius 3 is 2.85 bits per heavy atom. The molecular formula is C15H19F2NO2. The lowest BCUT2D eigenvalue weighted by Gasteiger charge is -2.48. The number of ether oxygens (including phenoxy) is 1. The molecule has 1 heterocycles. The minimum absolute atomic E-state index is 0.189. The molecule has 2 aliphatic rings. The highest BCUT2D eigenvalue weighted by atomic mass is 19.2. The molecule has 2 fully saturated rings. The van der Waals surface area contributed by atoms with Gasteiger partial charge in [-0.2, -0.15) is 0 Å². The minimum atomic E-state index is -0.915. The molecule has 1 aromatic carbocycles. The highest BCUT2D eigenvalue weighted by molar-refractivity contribution is 5.45. The van der Waals surface area contributed by atoms with Gasteiger partial charge in [-0.15, -0.1) is 0 Å². The molecule has 1 unspecified atom stereocenters. The lowest BCUT2D eigenvalue weighted by Crippen LogP contribution is -2.60. The van der Waals surface area contributed by atoms with E-state index in [0.29, 0.717) is 18.9 Å². The molecule has 1 saturated heterocycles. The van der Waals surface area contributed by atoms with Gasteiger partial charge in [-0.1, -0.05) is 6.42 Å². The van der Waals surface area contributed by atoms with Gasteiger partial charge in [0.05, 0.1) is 12.6 Å². The number of rotatable bonds is 2. The van der Waals surface area contributed by atoms with Gasteiger partial charge in [0.1, 0.15) is 5.60 Å². The lowest BCUT2D eigenvalue weighted by molar-refractivity contribution is -0.148. The molecule has 0 amide bonds. The van der Waals surface area contributed by atoms with Crippen molar-refractivity contribution in [2.45, 2.75) is 37.3 Å². The smallest absolute Gasteiger partial charge is 0.160 e. The number of halogens is 2. The van der Waals surface area contributed by atoms with Crippen LogP contribution in [-0.4, -0.2) is 30.0 Å². The van der Waals surface area contributed by atoms with Crippen LogP contribution in [0.25, 0.3) is 0 Å². The normalized spacial score (nSPS) is 33.5. The van der Waals surface area contributed by atoms with Gasteiger partial charge < -0.3 is 15.2 Å². The molecule has 110 valence electrons. The summed E-state index contributed by atoms with van der Waals surface area (Å²) in [6, 6.07) is 3.53. The van der Waals surface area contributed by atoms with Crippen LogP contribution >= 0.6 is 0 Å². The molecule has 3 rings (SSSR count). The van der Waals surface area contributed by atoms with Gasteiger partial charge in [-0.25, -0.2) is 8.78 Å². The Morgan fingerprint density at radius 1 is 1.20 bits per heavy atom. The van der Waals surface area contributed by atoms with Gasteiger partial charge in [-0.3, -0.25) is 0 Å². The highest BCUT2D eigenvalue weighted by Crippen LogP contribution is 2.40. The van der Waals surface area contributed by atoms with Crippen LogP contribution in [0, 0.1) is 17.6 Å². The monoisotopic (exact) mass is 283 g/mol. The summed E-state index contributed by atoms with van der Waals surface area (Å²) in [7, 11) is 0. The molecule has 0 aromatic heterocycles. The first kappa shape index (κ1) is 13.8. The standard InChI is InChI=1S/C15H19F2NO2/c16-12-5-4-11(8-13(12)17)18-14-3-1-2-10-6-7-20-9-15(10,14)19/h4-5,8,10,14,18-19H,1-3,6-7,9H2/t10-,14?,15-/m1/s1. The first-order valence-corrected chi connectivity index (χ1v) is 7.11. The zero-order chi connectivity index (χ0) is 14.2. The number of anilines is 1. The molecule has 0 bridgehead atoms. The van der Waals surface area contributed by atoms with E-state index in [2.05, 4.69) is 5.32 Å². The Hall–Kier alpha value is -1.20. The Balaban J connectivity index is 1.79. The van der Waals surface area contributed by atoms with Crippen LogP contribution in [0.2, 0.25) is 0 Å². The van der Waals surface area contributed by atoms with Crippen molar-refractivity contribution in [3.05, 3.63) is 29.8 Å². The second-order valence-corrected chi connectivity index (χ2v) is 5.79. The maximum atomic E-state index is 13.3. The van der Waals surface area contributed by atoms with Crippen molar-refractivity contribution in [2.75, 3.05) is 18.5 Å². The second kappa shape index (κ2) is 5.30. The fraction of sp³-hybridized carbons (Fsp3) is 0.600. The summed E-state index contributed by atoms with van der Waals surface area (Å²) in [6.45, 7) is 0.990. The third kappa shape index (κ3) is 2.40. The molecule has 3 nitrogen and oxygen atoms in total. The van der Waals surface area contributed by atoms with E-state index in [9.17, 15) is 13.9 Å². The molecule has 3 atom stereocenters. The number of hydrogen-bond acceptors (Lipinski definition) is 3. The first-order valence-electron chi connectivity index (χ1n) is 7.11. The van der Waals surface area contributed by atoms with Crippen molar-refractivity contribution >= 4 is 5.69 Å². The predicted octanol–water partition coefficient (Wildman–Crippen LogP) is 2.70. The topological polar surface area (TPSA) is 41.5 Å². The maximum absolute atomic E-state index is 13.3. The van der Waals surface area contributed by atoms with E-state index >= 15 is 0 Å². The van der Waals surface area contributed by atoms with Crippen LogP contribution in [-0.2, 0) is 4.74 Å². The zero-order valence-electron chi connectivity index (χ0n) is 11.2. The van der Waals surface area contributed by atoms with E-state index in [-0.39, 0.29) is 12.0 Å². The SMILES string of the molecule is O[C@]12COCC[C@H]1CCCC2Nc1ccc(F)c(F)c1. The summed E-state index contributed by atoms with van der Waals surface area (Å²) in [4.78, 5) is 0. The van der Waals surface area contributed by atoms with Crippen molar-refractivity contribution in [1.29, 1.82) is 0 Å². The van der Waals surface area contributed by atoms with E-state index in [1.54, 1.807) is 0 Å². The molecule has 1 aromatic rings. The van der Waals surface area contributed by atoms with Crippen molar-refractivity contribution in [3.63, 3.8) is 0 Å². The van der Waals surface area contributed by atoms with E-state index < -0.39 is 17.2 Å².